The quantitative estimate of drug-likeness (QED) is 0.741. The number of aliphatic hydroxyl groups is 1. The number of hydrogen-bond donors (Lipinski definition) is 3. The average Bonchev–Trinajstić information content (AvgIpc) is 2.48. The van der Waals surface area contributed by atoms with Gasteiger partial charge in [-0.25, -0.2) is 4.98 Å². The third kappa shape index (κ3) is 3.96. The van der Waals surface area contributed by atoms with Gasteiger partial charge in [-0.2, -0.15) is 0 Å². The highest BCUT2D eigenvalue weighted by atomic mass is 35.5. The molecule has 3 N–H and O–H groups in total. The van der Waals surface area contributed by atoms with Crippen molar-refractivity contribution in [2.24, 2.45) is 0 Å². The summed E-state index contributed by atoms with van der Waals surface area (Å²) in [5, 5.41) is 20.8. The molecule has 0 bridgehead atoms. The Balaban J connectivity index is 2.21. The Hall–Kier alpha value is -2.55. The van der Waals surface area contributed by atoms with Crippen molar-refractivity contribution in [2.75, 3.05) is 11.9 Å². The maximum atomic E-state index is 12.1. The molecule has 0 unspecified atom stereocenters. The van der Waals surface area contributed by atoms with Gasteiger partial charge in [0.1, 0.15) is 18.2 Å². The minimum Gasteiger partial charge on any atom is -0.508 e. The molecule has 0 saturated heterocycles. The number of hydrogen-bond acceptors (Lipinski definition) is 4. The number of nitrogens with one attached hydrogen (secondary N) is 1. The van der Waals surface area contributed by atoms with Gasteiger partial charge in [-0.15, -0.1) is 0 Å². The molecule has 0 aliphatic heterocycles. The van der Waals surface area contributed by atoms with Crippen LogP contribution in [0, 0.1) is 11.8 Å². The highest BCUT2D eigenvalue weighted by Gasteiger charge is 2.12. The fraction of sp³-hybridized carbons (Fsp3) is 0.0667. The fourth-order valence-corrected chi connectivity index (χ4v) is 1.79. The van der Waals surface area contributed by atoms with Crippen molar-refractivity contribution in [1.82, 2.24) is 4.98 Å². The van der Waals surface area contributed by atoms with E-state index in [9.17, 15) is 9.90 Å². The van der Waals surface area contributed by atoms with Crippen molar-refractivity contribution >= 4 is 23.3 Å². The van der Waals surface area contributed by atoms with Crippen molar-refractivity contribution in [3.8, 4) is 17.6 Å². The van der Waals surface area contributed by atoms with Gasteiger partial charge in [-0.1, -0.05) is 23.4 Å². The maximum Gasteiger partial charge on any atom is 0.258 e. The van der Waals surface area contributed by atoms with Gasteiger partial charge >= 0.3 is 0 Å². The minimum atomic E-state index is -0.490. The van der Waals surface area contributed by atoms with Crippen LogP contribution in [0.3, 0.4) is 0 Å². The second kappa shape index (κ2) is 6.75. The summed E-state index contributed by atoms with van der Waals surface area (Å²) in [5.74, 6) is 4.97. The summed E-state index contributed by atoms with van der Waals surface area (Å²) in [6, 6.07) is 7.31. The molecule has 0 atom stereocenters. The van der Waals surface area contributed by atoms with Crippen LogP contribution in [0.15, 0.2) is 36.5 Å². The van der Waals surface area contributed by atoms with Gasteiger partial charge in [0.05, 0.1) is 10.6 Å². The third-order valence-corrected chi connectivity index (χ3v) is 2.84. The van der Waals surface area contributed by atoms with Gasteiger partial charge in [0, 0.05) is 11.8 Å². The second-order valence-electron chi connectivity index (χ2n) is 4.01. The molecule has 0 fully saturated rings. The summed E-state index contributed by atoms with van der Waals surface area (Å²) < 4.78 is 0. The zero-order valence-corrected chi connectivity index (χ0v) is 11.6. The number of nitrogens with zero attached hydrogens (tertiary/aromatic N) is 1. The first-order valence-electron chi connectivity index (χ1n) is 5.96. The number of phenolic OH excluding ortho intramolecular Hbond substituents is 1. The Kier molecular flexibility index (Phi) is 4.77. The van der Waals surface area contributed by atoms with E-state index in [0.717, 1.165) is 0 Å². The van der Waals surface area contributed by atoms with Crippen LogP contribution in [-0.2, 0) is 0 Å². The van der Waals surface area contributed by atoms with Crippen molar-refractivity contribution in [3.05, 3.63) is 52.7 Å². The van der Waals surface area contributed by atoms with Crippen LogP contribution >= 0.6 is 11.6 Å². The number of aliphatic hydroxyl groups excluding tert-OH is 1. The van der Waals surface area contributed by atoms with Crippen LogP contribution in [0.4, 0.5) is 5.82 Å². The van der Waals surface area contributed by atoms with Gasteiger partial charge in [-0.05, 0) is 30.3 Å². The molecular weight excluding hydrogens is 292 g/mol. The van der Waals surface area contributed by atoms with E-state index in [2.05, 4.69) is 22.1 Å². The largest absolute Gasteiger partial charge is 0.508 e. The molecule has 0 aliphatic carbocycles. The van der Waals surface area contributed by atoms with Crippen LogP contribution in [0.25, 0.3) is 0 Å². The SMILES string of the molecule is O=C(Nc1cc(C#CCO)ccn1)c1cc(O)ccc1Cl. The van der Waals surface area contributed by atoms with E-state index in [1.165, 1.54) is 24.4 Å². The summed E-state index contributed by atoms with van der Waals surface area (Å²) in [7, 11) is 0. The fourth-order valence-electron chi connectivity index (χ4n) is 1.59. The van der Waals surface area contributed by atoms with Crippen molar-refractivity contribution < 1.29 is 15.0 Å². The lowest BCUT2D eigenvalue weighted by Gasteiger charge is -2.06. The van der Waals surface area contributed by atoms with Crippen molar-refractivity contribution in [3.63, 3.8) is 0 Å². The number of benzene rings is 1. The molecule has 0 saturated carbocycles. The zero-order chi connectivity index (χ0) is 15.2. The van der Waals surface area contributed by atoms with E-state index in [0.29, 0.717) is 11.4 Å². The van der Waals surface area contributed by atoms with Gasteiger partial charge in [-0.3, -0.25) is 4.79 Å². The lowest BCUT2D eigenvalue weighted by atomic mass is 10.2. The smallest absolute Gasteiger partial charge is 0.258 e. The Bertz CT molecular complexity index is 735. The monoisotopic (exact) mass is 302 g/mol. The number of amides is 1. The lowest BCUT2D eigenvalue weighted by molar-refractivity contribution is 0.102. The second-order valence-corrected chi connectivity index (χ2v) is 4.42. The summed E-state index contributed by atoms with van der Waals surface area (Å²) in [6.45, 7) is -0.247. The number of anilines is 1. The maximum absolute atomic E-state index is 12.1. The molecule has 0 aliphatic rings. The highest BCUT2D eigenvalue weighted by Crippen LogP contribution is 2.22. The first kappa shape index (κ1) is 14.9. The van der Waals surface area contributed by atoms with Crippen LogP contribution in [0.1, 0.15) is 15.9 Å². The number of carbonyl (C=O) groups excluding carboxylic acids is 1. The molecule has 6 heteroatoms. The first-order valence-corrected chi connectivity index (χ1v) is 6.33. The number of phenols is 1. The molecule has 0 spiro atoms. The first-order chi connectivity index (χ1) is 10.1. The number of halogens is 1. The molecule has 1 aromatic carbocycles. The van der Waals surface area contributed by atoms with Gasteiger partial charge in [0.15, 0.2) is 0 Å². The molecular formula is C15H11ClN2O3. The van der Waals surface area contributed by atoms with E-state index >= 15 is 0 Å². The molecule has 106 valence electrons. The van der Waals surface area contributed by atoms with Gasteiger partial charge < -0.3 is 15.5 Å². The number of aromatic hydroxyl groups is 1. The topological polar surface area (TPSA) is 82.5 Å². The van der Waals surface area contributed by atoms with E-state index in [1.54, 1.807) is 12.1 Å². The number of aromatic nitrogens is 1. The molecule has 0 radical (unpaired) electrons. The van der Waals surface area contributed by atoms with E-state index in [1.807, 2.05) is 0 Å². The summed E-state index contributed by atoms with van der Waals surface area (Å²) in [6.07, 6.45) is 1.49. The normalized spacial score (nSPS) is 9.62. The van der Waals surface area contributed by atoms with Crippen LogP contribution in [-0.4, -0.2) is 27.7 Å². The number of rotatable bonds is 2. The lowest BCUT2D eigenvalue weighted by Crippen LogP contribution is -2.13. The van der Waals surface area contributed by atoms with Crippen LogP contribution < -0.4 is 5.32 Å². The van der Waals surface area contributed by atoms with Gasteiger partial charge in [0.25, 0.3) is 5.91 Å². The summed E-state index contributed by atoms with van der Waals surface area (Å²) in [4.78, 5) is 16.1. The minimum absolute atomic E-state index is 0.0555. The average molecular weight is 303 g/mol. The highest BCUT2D eigenvalue weighted by molar-refractivity contribution is 6.34. The Labute approximate surface area is 126 Å². The molecule has 1 amide bonds. The summed E-state index contributed by atoms with van der Waals surface area (Å²) >= 11 is 5.91. The molecule has 1 heterocycles. The Morgan fingerprint density at radius 1 is 1.33 bits per heavy atom. The number of carbonyl (C=O) groups is 1. The number of pyridine rings is 1. The molecule has 21 heavy (non-hydrogen) atoms. The predicted octanol–water partition coefficient (Wildman–Crippen LogP) is 2.04. The molecule has 2 aromatic rings. The van der Waals surface area contributed by atoms with Crippen molar-refractivity contribution in [1.29, 1.82) is 0 Å². The van der Waals surface area contributed by atoms with Crippen LogP contribution in [0.5, 0.6) is 5.75 Å². The molecule has 5 nitrogen and oxygen atoms in total. The molecule has 2 rings (SSSR count). The van der Waals surface area contributed by atoms with Crippen LogP contribution in [0.2, 0.25) is 5.02 Å². The van der Waals surface area contributed by atoms with E-state index < -0.39 is 5.91 Å². The standard InChI is InChI=1S/C15H11ClN2O3/c16-13-4-3-11(20)9-12(13)15(21)18-14-8-10(2-1-7-19)5-6-17-14/h3-6,8-9,19-20H,7H2,(H,17,18,21). The Morgan fingerprint density at radius 2 is 2.14 bits per heavy atom. The van der Waals surface area contributed by atoms with Crippen molar-refractivity contribution in [2.45, 2.75) is 0 Å². The van der Waals surface area contributed by atoms with E-state index in [-0.39, 0.29) is 22.9 Å². The molecule has 1 aromatic heterocycles. The van der Waals surface area contributed by atoms with E-state index in [4.69, 9.17) is 16.7 Å². The van der Waals surface area contributed by atoms with Gasteiger partial charge in [0.2, 0.25) is 0 Å². The summed E-state index contributed by atoms with van der Waals surface area (Å²) in [5.41, 5.74) is 0.752. The predicted molar refractivity (Wildman–Crippen MR) is 79.3 cm³/mol. The zero-order valence-electron chi connectivity index (χ0n) is 10.8. The Morgan fingerprint density at radius 3 is 2.90 bits per heavy atom. The third-order valence-electron chi connectivity index (χ3n) is 2.51.